The first-order chi connectivity index (χ1) is 15.8. The van der Waals surface area contributed by atoms with E-state index in [-0.39, 0.29) is 42.6 Å². The highest BCUT2D eigenvalue weighted by Gasteiger charge is 2.37. The van der Waals surface area contributed by atoms with Crippen LogP contribution in [0.1, 0.15) is 64.0 Å². The number of nitrogens with zero attached hydrogens (tertiary/aromatic N) is 2. The van der Waals surface area contributed by atoms with Gasteiger partial charge in [-0.1, -0.05) is 31.0 Å². The number of anilines is 1. The number of amides is 3. The summed E-state index contributed by atoms with van der Waals surface area (Å²) in [6.45, 7) is 3.70. The maximum atomic E-state index is 13.6. The number of carbonyl (C=O) groups excluding carboxylic acids is 3. The molecule has 0 bridgehead atoms. The summed E-state index contributed by atoms with van der Waals surface area (Å²) in [5, 5.41) is 5.58. The van der Waals surface area contributed by atoms with E-state index in [2.05, 4.69) is 15.6 Å². The lowest BCUT2D eigenvalue weighted by Gasteiger charge is -2.36. The molecule has 33 heavy (non-hydrogen) atoms. The van der Waals surface area contributed by atoms with Crippen LogP contribution in [0.5, 0.6) is 0 Å². The fraction of sp³-hybridized carbons (Fsp3) is 0.440. The molecule has 1 aliphatic carbocycles. The van der Waals surface area contributed by atoms with Crippen molar-refractivity contribution in [2.75, 3.05) is 5.32 Å². The number of halogens is 1. The maximum Gasteiger partial charge on any atom is 0.247 e. The Kier molecular flexibility index (Phi) is 8.52. The molecule has 2 N–H and O–H groups in total. The van der Waals surface area contributed by atoms with E-state index in [1.807, 2.05) is 13.8 Å². The van der Waals surface area contributed by atoms with Gasteiger partial charge in [0.05, 0.1) is 0 Å². The van der Waals surface area contributed by atoms with Crippen LogP contribution in [0, 0.1) is 5.82 Å². The largest absolute Gasteiger partial charge is 0.352 e. The van der Waals surface area contributed by atoms with Crippen molar-refractivity contribution in [3.05, 3.63) is 60.0 Å². The van der Waals surface area contributed by atoms with Gasteiger partial charge < -0.3 is 15.5 Å². The predicted octanol–water partition coefficient (Wildman–Crippen LogP) is 3.98. The van der Waals surface area contributed by atoms with Gasteiger partial charge in [0.2, 0.25) is 17.7 Å². The molecule has 7 nitrogen and oxygen atoms in total. The molecule has 3 amide bonds. The van der Waals surface area contributed by atoms with E-state index in [9.17, 15) is 18.8 Å². The molecule has 176 valence electrons. The Balaban J connectivity index is 1.81. The van der Waals surface area contributed by atoms with Gasteiger partial charge in [-0.3, -0.25) is 14.4 Å². The molecule has 1 fully saturated rings. The number of pyridine rings is 1. The minimum absolute atomic E-state index is 0.0272. The monoisotopic (exact) mass is 454 g/mol. The summed E-state index contributed by atoms with van der Waals surface area (Å²) in [7, 11) is 0. The summed E-state index contributed by atoms with van der Waals surface area (Å²) in [6.07, 6.45) is 5.02. The highest BCUT2D eigenvalue weighted by atomic mass is 19.1. The second-order valence-corrected chi connectivity index (χ2v) is 8.62. The van der Waals surface area contributed by atoms with Crippen molar-refractivity contribution >= 4 is 23.5 Å². The Morgan fingerprint density at radius 3 is 2.36 bits per heavy atom. The minimum atomic E-state index is -0.887. The normalized spacial score (nSPS) is 14.7. The third kappa shape index (κ3) is 6.84. The van der Waals surface area contributed by atoms with E-state index in [4.69, 9.17) is 0 Å². The average molecular weight is 455 g/mol. The Bertz CT molecular complexity index is 944. The minimum Gasteiger partial charge on any atom is -0.352 e. The van der Waals surface area contributed by atoms with Crippen molar-refractivity contribution in [1.29, 1.82) is 0 Å². The quantitative estimate of drug-likeness (QED) is 0.600. The van der Waals surface area contributed by atoms with E-state index in [1.54, 1.807) is 41.4 Å². The van der Waals surface area contributed by atoms with Crippen LogP contribution in [-0.4, -0.2) is 39.7 Å². The molecule has 0 aliphatic heterocycles. The molecular weight excluding hydrogens is 423 g/mol. The van der Waals surface area contributed by atoms with Gasteiger partial charge >= 0.3 is 0 Å². The molecule has 1 heterocycles. The molecule has 0 radical (unpaired) electrons. The molecule has 3 rings (SSSR count). The number of rotatable bonds is 9. The summed E-state index contributed by atoms with van der Waals surface area (Å²) in [5.41, 5.74) is 0.549. The molecular formula is C25H31FN4O3. The summed E-state index contributed by atoms with van der Waals surface area (Å²) < 4.78 is 13.6. The first kappa shape index (κ1) is 24.4. The molecule has 1 atom stereocenters. The van der Waals surface area contributed by atoms with Gasteiger partial charge in [-0.15, -0.1) is 0 Å². The highest BCUT2D eigenvalue weighted by molar-refractivity contribution is 5.94. The molecule has 0 unspecified atom stereocenters. The van der Waals surface area contributed by atoms with Crippen molar-refractivity contribution < 1.29 is 18.8 Å². The summed E-state index contributed by atoms with van der Waals surface area (Å²) >= 11 is 0. The summed E-state index contributed by atoms with van der Waals surface area (Å²) in [4.78, 5) is 44.7. The second kappa shape index (κ2) is 11.5. The Morgan fingerprint density at radius 1 is 1.06 bits per heavy atom. The molecule has 0 saturated heterocycles. The maximum absolute atomic E-state index is 13.6. The van der Waals surface area contributed by atoms with Gasteiger partial charge in [0, 0.05) is 31.1 Å². The lowest BCUT2D eigenvalue weighted by atomic mass is 10.00. The molecule has 0 spiro atoms. The third-order valence-electron chi connectivity index (χ3n) is 5.65. The molecule has 1 aliphatic rings. The molecule has 2 aromatic rings. The summed E-state index contributed by atoms with van der Waals surface area (Å²) in [6, 6.07) is 9.74. The SMILES string of the molecule is CC(C)NC(=O)[C@H](c1ccc(F)cc1)N(C(=O)CCC(=O)Nc1ccccn1)C1CCCC1. The Hall–Kier alpha value is -3.29. The zero-order chi connectivity index (χ0) is 23.8. The zero-order valence-corrected chi connectivity index (χ0v) is 19.1. The van der Waals surface area contributed by atoms with Crippen molar-refractivity contribution in [2.45, 2.75) is 70.5 Å². The van der Waals surface area contributed by atoms with E-state index in [1.165, 1.54) is 12.1 Å². The van der Waals surface area contributed by atoms with Gasteiger partial charge in [-0.2, -0.15) is 0 Å². The first-order valence-electron chi connectivity index (χ1n) is 11.4. The van der Waals surface area contributed by atoms with Crippen LogP contribution in [0.15, 0.2) is 48.7 Å². The average Bonchev–Trinajstić information content (AvgIpc) is 3.31. The van der Waals surface area contributed by atoms with Crippen LogP contribution in [0.4, 0.5) is 10.2 Å². The van der Waals surface area contributed by atoms with E-state index >= 15 is 0 Å². The van der Waals surface area contributed by atoms with Crippen molar-refractivity contribution in [3.8, 4) is 0 Å². The van der Waals surface area contributed by atoms with Gasteiger partial charge in [0.1, 0.15) is 17.7 Å². The fourth-order valence-corrected chi connectivity index (χ4v) is 4.18. The van der Waals surface area contributed by atoms with Crippen molar-refractivity contribution in [2.24, 2.45) is 0 Å². The Labute approximate surface area is 193 Å². The van der Waals surface area contributed by atoms with Crippen molar-refractivity contribution in [3.63, 3.8) is 0 Å². The Morgan fingerprint density at radius 2 is 1.76 bits per heavy atom. The number of nitrogens with one attached hydrogen (secondary N) is 2. The zero-order valence-electron chi connectivity index (χ0n) is 19.1. The van der Waals surface area contributed by atoms with Crippen LogP contribution in [0.25, 0.3) is 0 Å². The van der Waals surface area contributed by atoms with Gasteiger partial charge in [-0.05, 0) is 56.5 Å². The lowest BCUT2D eigenvalue weighted by Crippen LogP contribution is -2.49. The number of benzene rings is 1. The van der Waals surface area contributed by atoms with Crippen LogP contribution >= 0.6 is 0 Å². The predicted molar refractivity (Wildman–Crippen MR) is 124 cm³/mol. The topological polar surface area (TPSA) is 91.4 Å². The van der Waals surface area contributed by atoms with Crippen molar-refractivity contribution in [1.82, 2.24) is 15.2 Å². The molecule has 1 aromatic heterocycles. The fourth-order valence-electron chi connectivity index (χ4n) is 4.18. The smallest absolute Gasteiger partial charge is 0.247 e. The standard InChI is InChI=1S/C25H31FN4O3/c1-17(2)28-25(33)24(18-10-12-19(26)13-11-18)30(20-7-3-4-8-20)23(32)15-14-22(31)29-21-9-5-6-16-27-21/h5-6,9-13,16-17,20,24H,3-4,7-8,14-15H2,1-2H3,(H,28,33)(H,27,29,31)/t24-/m0/s1. The van der Waals surface area contributed by atoms with E-state index in [0.29, 0.717) is 11.4 Å². The van der Waals surface area contributed by atoms with Gasteiger partial charge in [-0.25, -0.2) is 9.37 Å². The van der Waals surface area contributed by atoms with Crippen LogP contribution < -0.4 is 10.6 Å². The van der Waals surface area contributed by atoms with E-state index in [0.717, 1.165) is 25.7 Å². The van der Waals surface area contributed by atoms with E-state index < -0.39 is 11.9 Å². The second-order valence-electron chi connectivity index (χ2n) is 8.62. The van der Waals surface area contributed by atoms with Gasteiger partial charge in [0.15, 0.2) is 0 Å². The first-order valence-corrected chi connectivity index (χ1v) is 11.4. The third-order valence-corrected chi connectivity index (χ3v) is 5.65. The van der Waals surface area contributed by atoms with Crippen LogP contribution in [0.2, 0.25) is 0 Å². The van der Waals surface area contributed by atoms with Gasteiger partial charge in [0.25, 0.3) is 0 Å². The summed E-state index contributed by atoms with van der Waals surface area (Å²) in [5.74, 6) is -0.894. The number of carbonyl (C=O) groups is 3. The highest BCUT2D eigenvalue weighted by Crippen LogP contribution is 2.32. The molecule has 1 aromatic carbocycles. The number of aromatic nitrogens is 1. The van der Waals surface area contributed by atoms with Crippen LogP contribution in [-0.2, 0) is 14.4 Å². The molecule has 1 saturated carbocycles. The lowest BCUT2D eigenvalue weighted by molar-refractivity contribution is -0.144. The molecule has 8 heteroatoms. The number of hydrogen-bond acceptors (Lipinski definition) is 4. The van der Waals surface area contributed by atoms with Crippen LogP contribution in [0.3, 0.4) is 0 Å². The number of hydrogen-bond donors (Lipinski definition) is 2.